The smallest absolute Gasteiger partial charge is 0.274 e. The van der Waals surface area contributed by atoms with E-state index in [0.717, 1.165) is 65.7 Å². The second-order valence-electron chi connectivity index (χ2n) is 10.5. The van der Waals surface area contributed by atoms with Gasteiger partial charge in [-0.2, -0.15) is 5.10 Å². The van der Waals surface area contributed by atoms with Crippen molar-refractivity contribution in [2.45, 2.75) is 59.3 Å². The number of thiazole rings is 1. The quantitative estimate of drug-likeness (QED) is 0.561. The molecule has 1 aliphatic carbocycles. The van der Waals surface area contributed by atoms with Crippen LogP contribution in [0.4, 0.5) is 10.8 Å². The number of carbonyl (C=O) groups is 1. The van der Waals surface area contributed by atoms with Gasteiger partial charge in [-0.25, -0.2) is 4.98 Å². The second-order valence-corrected chi connectivity index (χ2v) is 11.4. The van der Waals surface area contributed by atoms with Crippen molar-refractivity contribution in [3.8, 4) is 0 Å². The van der Waals surface area contributed by atoms with E-state index < -0.39 is 0 Å². The topological polar surface area (TPSA) is 86.8 Å². The van der Waals surface area contributed by atoms with Gasteiger partial charge in [0.05, 0.1) is 0 Å². The Bertz CT molecular complexity index is 1150. The molecule has 4 heterocycles. The molecule has 3 aromatic heterocycles. The van der Waals surface area contributed by atoms with Gasteiger partial charge in [0.2, 0.25) is 0 Å². The van der Waals surface area contributed by atoms with E-state index in [4.69, 9.17) is 4.98 Å². The molecule has 0 radical (unpaired) electrons. The molecular weight excluding hydrogens is 432 g/mol. The third kappa shape index (κ3) is 4.53. The van der Waals surface area contributed by atoms with Crippen LogP contribution in [-0.2, 0) is 12.8 Å². The molecule has 8 heteroatoms. The fraction of sp³-hybridized carbons (Fsp3) is 0.520. The number of likely N-dealkylation sites (tertiary alicyclic amines) is 1. The highest BCUT2D eigenvalue weighted by atomic mass is 32.1. The Morgan fingerprint density at radius 1 is 1.27 bits per heavy atom. The number of hydrogen-bond donors (Lipinski definition) is 2. The molecule has 1 fully saturated rings. The maximum absolute atomic E-state index is 13.5. The highest BCUT2D eigenvalue weighted by molar-refractivity contribution is 7.13. The van der Waals surface area contributed by atoms with Gasteiger partial charge in [-0.05, 0) is 56.1 Å². The van der Waals surface area contributed by atoms with Crippen molar-refractivity contribution >= 4 is 28.1 Å². The summed E-state index contributed by atoms with van der Waals surface area (Å²) in [6.07, 6.45) is 5.76. The zero-order chi connectivity index (χ0) is 23.2. The molecule has 3 aromatic rings. The minimum atomic E-state index is 0.0540. The summed E-state index contributed by atoms with van der Waals surface area (Å²) < 4.78 is 0. The zero-order valence-corrected chi connectivity index (χ0v) is 20.6. The number of H-pyrrole nitrogens is 1. The average molecular weight is 465 g/mol. The molecule has 5 rings (SSSR count). The molecule has 0 unspecified atom stereocenters. The Balaban J connectivity index is 1.31. The fourth-order valence-electron chi connectivity index (χ4n) is 5.13. The summed E-state index contributed by atoms with van der Waals surface area (Å²) in [5.41, 5.74) is 6.13. The third-order valence-electron chi connectivity index (χ3n) is 7.12. The number of anilines is 2. The van der Waals surface area contributed by atoms with Crippen LogP contribution in [0.1, 0.15) is 72.7 Å². The molecule has 7 nitrogen and oxygen atoms in total. The molecule has 2 atom stereocenters. The monoisotopic (exact) mass is 464 g/mol. The van der Waals surface area contributed by atoms with E-state index in [1.54, 1.807) is 17.5 Å². The van der Waals surface area contributed by atoms with Crippen LogP contribution < -0.4 is 5.32 Å². The summed E-state index contributed by atoms with van der Waals surface area (Å²) in [7, 11) is 0. The van der Waals surface area contributed by atoms with E-state index in [2.05, 4.69) is 47.3 Å². The first-order valence-electron chi connectivity index (χ1n) is 11.8. The first-order valence-corrected chi connectivity index (χ1v) is 12.7. The van der Waals surface area contributed by atoms with E-state index in [-0.39, 0.29) is 17.2 Å². The molecule has 2 N–H and O–H groups in total. The highest BCUT2D eigenvalue weighted by Gasteiger charge is 2.36. The summed E-state index contributed by atoms with van der Waals surface area (Å²) in [6.45, 7) is 10.3. The molecule has 174 valence electrons. The van der Waals surface area contributed by atoms with Gasteiger partial charge >= 0.3 is 0 Å². The van der Waals surface area contributed by atoms with Crippen molar-refractivity contribution in [1.82, 2.24) is 25.1 Å². The molecule has 33 heavy (non-hydrogen) atoms. The lowest BCUT2D eigenvalue weighted by Crippen LogP contribution is -2.31. The van der Waals surface area contributed by atoms with E-state index in [1.165, 1.54) is 0 Å². The SMILES string of the molecule is Cc1cc(Nc2nccs2)cc([C@@H]2CCN(C(=O)c3n[nH]c4c3C[C@H](C(C)(C)C)CC4)C2)n1. The third-order valence-corrected chi connectivity index (χ3v) is 7.81. The van der Waals surface area contributed by atoms with Gasteiger partial charge in [0.15, 0.2) is 10.8 Å². The van der Waals surface area contributed by atoms with Gasteiger partial charge < -0.3 is 10.2 Å². The lowest BCUT2D eigenvalue weighted by Gasteiger charge is -2.34. The lowest BCUT2D eigenvalue weighted by atomic mass is 9.71. The van der Waals surface area contributed by atoms with Crippen LogP contribution in [0.15, 0.2) is 23.7 Å². The predicted octanol–water partition coefficient (Wildman–Crippen LogP) is 5.09. The van der Waals surface area contributed by atoms with E-state index in [0.29, 0.717) is 18.2 Å². The molecule has 0 spiro atoms. The molecule has 1 aliphatic heterocycles. The van der Waals surface area contributed by atoms with Gasteiger partial charge in [0, 0.05) is 58.9 Å². The molecule has 0 saturated carbocycles. The standard InChI is InChI=1S/C25H32N6OS/c1-15-11-18(28-24-26-8-10-33-24)13-21(27-15)16-7-9-31(14-16)23(32)22-19-12-17(25(2,3)4)5-6-20(19)29-30-22/h8,10-11,13,16-17H,5-7,9,12,14H2,1-4H3,(H,29,30)(H,26,27,28)/t16-,17-/m1/s1. The number of aromatic amines is 1. The Morgan fingerprint density at radius 3 is 2.88 bits per heavy atom. The minimum absolute atomic E-state index is 0.0540. The van der Waals surface area contributed by atoms with Crippen molar-refractivity contribution in [3.05, 3.63) is 52.0 Å². The normalized spacial score (nSPS) is 20.7. The van der Waals surface area contributed by atoms with Crippen molar-refractivity contribution in [1.29, 1.82) is 0 Å². The number of rotatable bonds is 4. The summed E-state index contributed by atoms with van der Waals surface area (Å²) in [6, 6.07) is 4.13. The molecule has 0 aromatic carbocycles. The van der Waals surface area contributed by atoms with Crippen molar-refractivity contribution in [3.63, 3.8) is 0 Å². The molecule has 1 saturated heterocycles. The van der Waals surface area contributed by atoms with Gasteiger partial charge in [-0.1, -0.05) is 20.8 Å². The molecule has 1 amide bonds. The van der Waals surface area contributed by atoms with Crippen LogP contribution in [0.5, 0.6) is 0 Å². The number of carbonyl (C=O) groups excluding carboxylic acids is 1. The van der Waals surface area contributed by atoms with Crippen LogP contribution in [0.3, 0.4) is 0 Å². The first kappa shape index (κ1) is 22.1. The summed E-state index contributed by atoms with van der Waals surface area (Å²) in [5, 5.41) is 13.8. The Labute approximate surface area is 199 Å². The van der Waals surface area contributed by atoms with Crippen LogP contribution in [0.2, 0.25) is 0 Å². The predicted molar refractivity (Wildman–Crippen MR) is 131 cm³/mol. The van der Waals surface area contributed by atoms with E-state index >= 15 is 0 Å². The second kappa shape index (κ2) is 8.56. The number of pyridine rings is 1. The van der Waals surface area contributed by atoms with Gasteiger partial charge in [-0.15, -0.1) is 11.3 Å². The Hall–Kier alpha value is -2.74. The van der Waals surface area contributed by atoms with E-state index in [1.807, 2.05) is 23.3 Å². The number of nitrogens with one attached hydrogen (secondary N) is 2. The number of hydrogen-bond acceptors (Lipinski definition) is 6. The number of fused-ring (bicyclic) bond motifs is 1. The van der Waals surface area contributed by atoms with Crippen LogP contribution >= 0.6 is 11.3 Å². The lowest BCUT2D eigenvalue weighted by molar-refractivity contribution is 0.0782. The van der Waals surface area contributed by atoms with Crippen LogP contribution in [0.25, 0.3) is 0 Å². The van der Waals surface area contributed by atoms with Crippen LogP contribution in [0, 0.1) is 18.3 Å². The number of aromatic nitrogens is 4. The molecular formula is C25H32N6OS. The Morgan fingerprint density at radius 2 is 2.12 bits per heavy atom. The molecule has 2 aliphatic rings. The molecule has 0 bridgehead atoms. The van der Waals surface area contributed by atoms with Crippen LogP contribution in [-0.4, -0.2) is 44.1 Å². The summed E-state index contributed by atoms with van der Waals surface area (Å²) in [5.74, 6) is 0.849. The van der Waals surface area contributed by atoms with Gasteiger partial charge in [0.1, 0.15) is 0 Å². The Kier molecular flexibility index (Phi) is 5.72. The summed E-state index contributed by atoms with van der Waals surface area (Å²) >= 11 is 1.57. The maximum atomic E-state index is 13.5. The van der Waals surface area contributed by atoms with Crippen molar-refractivity contribution in [2.24, 2.45) is 11.3 Å². The van der Waals surface area contributed by atoms with Gasteiger partial charge in [0.25, 0.3) is 5.91 Å². The highest BCUT2D eigenvalue weighted by Crippen LogP contribution is 2.38. The van der Waals surface area contributed by atoms with Crippen molar-refractivity contribution in [2.75, 3.05) is 18.4 Å². The maximum Gasteiger partial charge on any atom is 0.274 e. The summed E-state index contributed by atoms with van der Waals surface area (Å²) in [4.78, 5) is 24.5. The van der Waals surface area contributed by atoms with E-state index in [9.17, 15) is 4.79 Å². The average Bonchev–Trinajstić information content (AvgIpc) is 3.52. The van der Waals surface area contributed by atoms with Crippen molar-refractivity contribution < 1.29 is 4.79 Å². The largest absolute Gasteiger partial charge is 0.337 e. The first-order chi connectivity index (χ1) is 15.8. The zero-order valence-electron chi connectivity index (χ0n) is 19.8. The van der Waals surface area contributed by atoms with Gasteiger partial charge in [-0.3, -0.25) is 14.9 Å². The number of aryl methyl sites for hydroxylation is 2. The minimum Gasteiger partial charge on any atom is -0.337 e. The number of amides is 1. The fourth-order valence-corrected chi connectivity index (χ4v) is 5.68. The number of nitrogens with zero attached hydrogens (tertiary/aromatic N) is 4.